The standard InChI is InChI=1S/C20H20O11/c21-8-3-10(22)9-5-15(31-20-18(28)17(27)13(25)6-29-20)19(30-14(9)4-8)7-1-11(23)16(26)12(24)2-7/h1-5,13,17-28H,6H2/t13-,17-,18+,19?,20-/m0/s1. The first kappa shape index (κ1) is 20.9. The molecule has 166 valence electrons. The van der Waals surface area contributed by atoms with Crippen LogP contribution in [0.4, 0.5) is 0 Å². The van der Waals surface area contributed by atoms with Gasteiger partial charge in [0.2, 0.25) is 6.29 Å². The molecule has 4 rings (SSSR count). The van der Waals surface area contributed by atoms with E-state index < -0.39 is 48.0 Å². The Morgan fingerprint density at radius 2 is 1.52 bits per heavy atom. The first-order valence-corrected chi connectivity index (χ1v) is 9.17. The van der Waals surface area contributed by atoms with Gasteiger partial charge in [0.15, 0.2) is 23.4 Å². The predicted octanol–water partition coefficient (Wildman–Crippen LogP) is 0.145. The molecule has 0 bridgehead atoms. The summed E-state index contributed by atoms with van der Waals surface area (Å²) in [4.78, 5) is 0. The third-order valence-corrected chi connectivity index (χ3v) is 5.00. The van der Waals surface area contributed by atoms with Crippen molar-refractivity contribution in [1.29, 1.82) is 0 Å². The summed E-state index contributed by atoms with van der Waals surface area (Å²) in [5, 5.41) is 79.0. The zero-order chi connectivity index (χ0) is 22.4. The Morgan fingerprint density at radius 1 is 0.839 bits per heavy atom. The summed E-state index contributed by atoms with van der Waals surface area (Å²) >= 11 is 0. The van der Waals surface area contributed by atoms with Gasteiger partial charge in [0.05, 0.1) is 12.2 Å². The average Bonchev–Trinajstić information content (AvgIpc) is 2.72. The van der Waals surface area contributed by atoms with Crippen molar-refractivity contribution in [1.82, 2.24) is 0 Å². The third-order valence-electron chi connectivity index (χ3n) is 5.00. The van der Waals surface area contributed by atoms with Crippen LogP contribution in [0.15, 0.2) is 30.0 Å². The molecule has 0 radical (unpaired) electrons. The van der Waals surface area contributed by atoms with Crippen molar-refractivity contribution in [2.75, 3.05) is 6.61 Å². The predicted molar refractivity (Wildman–Crippen MR) is 101 cm³/mol. The molecule has 1 fully saturated rings. The summed E-state index contributed by atoms with van der Waals surface area (Å²) in [6.07, 6.45) is -5.77. The molecule has 1 unspecified atom stereocenters. The number of aliphatic hydroxyl groups excluding tert-OH is 3. The maximum Gasteiger partial charge on any atom is 0.228 e. The molecule has 8 N–H and O–H groups in total. The minimum Gasteiger partial charge on any atom is -0.508 e. The fourth-order valence-corrected chi connectivity index (χ4v) is 3.37. The zero-order valence-electron chi connectivity index (χ0n) is 15.8. The van der Waals surface area contributed by atoms with Crippen molar-refractivity contribution >= 4 is 6.08 Å². The second-order valence-corrected chi connectivity index (χ2v) is 7.20. The minimum absolute atomic E-state index is 0.0440. The molecule has 0 aliphatic carbocycles. The summed E-state index contributed by atoms with van der Waals surface area (Å²) in [5.41, 5.74) is 0.237. The SMILES string of the molecule is Oc1cc(O)c2c(c1)OC(c1cc(O)c(O)c(O)c1)C(O[C@@H]1OC[C@H](O)[C@H](O)[C@H]1O)=C2. The number of phenolic OH excluding ortho intramolecular Hbond substituents is 5. The van der Waals surface area contributed by atoms with Gasteiger partial charge >= 0.3 is 0 Å². The lowest BCUT2D eigenvalue weighted by molar-refractivity contribution is -0.261. The highest BCUT2D eigenvalue weighted by Crippen LogP contribution is 2.46. The van der Waals surface area contributed by atoms with Crippen molar-refractivity contribution < 1.29 is 55.1 Å². The number of hydrogen-bond donors (Lipinski definition) is 8. The number of aliphatic hydroxyl groups is 3. The highest BCUT2D eigenvalue weighted by Gasteiger charge is 2.41. The van der Waals surface area contributed by atoms with Crippen LogP contribution < -0.4 is 4.74 Å². The molecule has 0 amide bonds. The van der Waals surface area contributed by atoms with Crippen LogP contribution in [-0.4, -0.2) is 72.1 Å². The van der Waals surface area contributed by atoms with Crippen LogP contribution in [0.25, 0.3) is 6.08 Å². The highest BCUT2D eigenvalue weighted by molar-refractivity contribution is 5.70. The molecule has 0 aromatic heterocycles. The van der Waals surface area contributed by atoms with Gasteiger partial charge in [-0.15, -0.1) is 0 Å². The van der Waals surface area contributed by atoms with Gasteiger partial charge in [0, 0.05) is 17.7 Å². The van der Waals surface area contributed by atoms with E-state index in [9.17, 15) is 40.9 Å². The van der Waals surface area contributed by atoms with E-state index in [4.69, 9.17) is 14.2 Å². The van der Waals surface area contributed by atoms with Crippen LogP contribution >= 0.6 is 0 Å². The number of hydrogen-bond acceptors (Lipinski definition) is 11. The van der Waals surface area contributed by atoms with E-state index in [1.807, 2.05) is 0 Å². The number of phenols is 5. The largest absolute Gasteiger partial charge is 0.508 e. The van der Waals surface area contributed by atoms with Gasteiger partial charge in [-0.1, -0.05) is 0 Å². The molecule has 1 saturated heterocycles. The Labute approximate surface area is 174 Å². The molecular formula is C20H20O11. The number of ether oxygens (including phenoxy) is 3. The van der Waals surface area contributed by atoms with Gasteiger partial charge < -0.3 is 55.1 Å². The lowest BCUT2D eigenvalue weighted by Crippen LogP contribution is -2.53. The Morgan fingerprint density at radius 3 is 2.19 bits per heavy atom. The quantitative estimate of drug-likeness (QED) is 0.306. The van der Waals surface area contributed by atoms with E-state index in [0.717, 1.165) is 18.2 Å². The molecule has 5 atom stereocenters. The van der Waals surface area contributed by atoms with E-state index in [1.54, 1.807) is 0 Å². The normalized spacial score (nSPS) is 27.7. The number of benzene rings is 2. The minimum atomic E-state index is -1.62. The molecule has 2 aromatic rings. The average molecular weight is 436 g/mol. The van der Waals surface area contributed by atoms with Crippen molar-refractivity contribution in [3.63, 3.8) is 0 Å². The lowest BCUT2D eigenvalue weighted by atomic mass is 10.00. The van der Waals surface area contributed by atoms with E-state index >= 15 is 0 Å². The van der Waals surface area contributed by atoms with Crippen molar-refractivity contribution in [2.45, 2.75) is 30.7 Å². The maximum atomic E-state index is 10.2. The number of fused-ring (bicyclic) bond motifs is 1. The fourth-order valence-electron chi connectivity index (χ4n) is 3.37. The van der Waals surface area contributed by atoms with E-state index in [-0.39, 0.29) is 40.7 Å². The molecule has 11 nitrogen and oxygen atoms in total. The van der Waals surface area contributed by atoms with Crippen LogP contribution in [0, 0.1) is 0 Å². The number of rotatable bonds is 3. The molecule has 2 aromatic carbocycles. The van der Waals surface area contributed by atoms with E-state index in [1.165, 1.54) is 12.1 Å². The Hall–Kier alpha value is -3.38. The smallest absolute Gasteiger partial charge is 0.228 e. The molecule has 31 heavy (non-hydrogen) atoms. The zero-order valence-corrected chi connectivity index (χ0v) is 15.8. The van der Waals surface area contributed by atoms with Crippen LogP contribution in [0.3, 0.4) is 0 Å². The van der Waals surface area contributed by atoms with Gasteiger partial charge in [-0.25, -0.2) is 0 Å². The molecule has 2 heterocycles. The molecule has 0 spiro atoms. The third kappa shape index (κ3) is 3.75. The summed E-state index contributed by atoms with van der Waals surface area (Å²) in [7, 11) is 0. The summed E-state index contributed by atoms with van der Waals surface area (Å²) in [6.45, 7) is -0.321. The van der Waals surface area contributed by atoms with Crippen molar-refractivity contribution in [3.8, 4) is 34.5 Å². The lowest BCUT2D eigenvalue weighted by Gasteiger charge is -2.37. The van der Waals surface area contributed by atoms with E-state index in [2.05, 4.69) is 0 Å². The molecule has 2 aliphatic heterocycles. The van der Waals surface area contributed by atoms with E-state index in [0.29, 0.717) is 0 Å². The second-order valence-electron chi connectivity index (χ2n) is 7.20. The summed E-state index contributed by atoms with van der Waals surface area (Å²) in [5.74, 6) is -2.68. The van der Waals surface area contributed by atoms with Crippen LogP contribution in [-0.2, 0) is 9.47 Å². The first-order valence-electron chi connectivity index (χ1n) is 9.17. The topological polar surface area (TPSA) is 190 Å². The highest BCUT2D eigenvalue weighted by atomic mass is 16.7. The summed E-state index contributed by atoms with van der Waals surface area (Å²) < 4.78 is 16.7. The van der Waals surface area contributed by atoms with Gasteiger partial charge in [0.1, 0.15) is 41.3 Å². The van der Waals surface area contributed by atoms with Gasteiger partial charge in [-0.3, -0.25) is 0 Å². The molecule has 0 saturated carbocycles. The van der Waals surface area contributed by atoms with Gasteiger partial charge in [0.25, 0.3) is 0 Å². The molecular weight excluding hydrogens is 416 g/mol. The van der Waals surface area contributed by atoms with Crippen LogP contribution in [0.2, 0.25) is 0 Å². The van der Waals surface area contributed by atoms with Crippen LogP contribution in [0.1, 0.15) is 17.2 Å². The Bertz CT molecular complexity index is 1010. The number of aromatic hydroxyl groups is 5. The fraction of sp³-hybridized carbons (Fsp3) is 0.300. The van der Waals surface area contributed by atoms with Crippen molar-refractivity contribution in [2.24, 2.45) is 0 Å². The second kappa shape index (κ2) is 7.71. The maximum absolute atomic E-state index is 10.2. The van der Waals surface area contributed by atoms with Gasteiger partial charge in [-0.05, 0) is 18.2 Å². The Balaban J connectivity index is 1.76. The van der Waals surface area contributed by atoms with Crippen LogP contribution in [0.5, 0.6) is 34.5 Å². The molecule has 2 aliphatic rings. The van der Waals surface area contributed by atoms with Gasteiger partial charge in [-0.2, -0.15) is 0 Å². The monoisotopic (exact) mass is 436 g/mol. The first-order chi connectivity index (χ1) is 14.7. The molecule has 11 heteroatoms. The Kier molecular flexibility index (Phi) is 5.19. The van der Waals surface area contributed by atoms with Crippen molar-refractivity contribution in [3.05, 3.63) is 41.2 Å². The summed E-state index contributed by atoms with van der Waals surface area (Å²) in [6, 6.07) is 4.49.